The average molecular weight is 411 g/mol. The van der Waals surface area contributed by atoms with E-state index in [2.05, 4.69) is 15.3 Å². The first kappa shape index (κ1) is 18.7. The van der Waals surface area contributed by atoms with Crippen LogP contribution in [-0.2, 0) is 4.79 Å². The summed E-state index contributed by atoms with van der Waals surface area (Å²) in [5, 5.41) is 13.2. The highest BCUT2D eigenvalue weighted by molar-refractivity contribution is 8.26. The Kier molecular flexibility index (Phi) is 4.92. The second-order valence-electron chi connectivity index (χ2n) is 6.18. The Hall–Kier alpha value is -2.68. The van der Waals surface area contributed by atoms with Gasteiger partial charge < -0.3 is 10.4 Å². The standard InChI is InChI=1S/C20H14FN3O2S2/c1-10(25)16-12-6-2-3-7-13(12)23-18(17(16)21)14-8-4-5-11(22-14)9-15-19(26)24-20(27)28-15/h2-10,25H,1H3,(H,24,26,27). The summed E-state index contributed by atoms with van der Waals surface area (Å²) in [6.45, 7) is 1.52. The molecule has 1 saturated heterocycles. The van der Waals surface area contributed by atoms with Crippen LogP contribution in [0.5, 0.6) is 0 Å². The number of benzene rings is 1. The second-order valence-corrected chi connectivity index (χ2v) is 7.90. The van der Waals surface area contributed by atoms with Crippen molar-refractivity contribution >= 4 is 51.2 Å². The lowest BCUT2D eigenvalue weighted by Crippen LogP contribution is -2.17. The molecule has 1 aliphatic rings. The summed E-state index contributed by atoms with van der Waals surface area (Å²) < 4.78 is 15.6. The largest absolute Gasteiger partial charge is 0.389 e. The molecular weight excluding hydrogens is 397 g/mol. The number of hydrogen-bond donors (Lipinski definition) is 2. The Morgan fingerprint density at radius 3 is 2.71 bits per heavy atom. The number of fused-ring (bicyclic) bond motifs is 1. The molecule has 0 spiro atoms. The SMILES string of the molecule is CC(O)c1c(F)c(-c2cccc(C=C3SC(=S)NC3=O)n2)nc2ccccc12. The Bertz CT molecular complexity index is 1160. The van der Waals surface area contributed by atoms with Crippen LogP contribution in [0.15, 0.2) is 47.4 Å². The number of carbonyl (C=O) groups is 1. The fourth-order valence-corrected chi connectivity index (χ4v) is 4.04. The van der Waals surface area contributed by atoms with Gasteiger partial charge in [-0.05, 0) is 31.2 Å². The lowest BCUT2D eigenvalue weighted by molar-refractivity contribution is -0.115. The topological polar surface area (TPSA) is 75.1 Å². The smallest absolute Gasteiger partial charge is 0.263 e. The Morgan fingerprint density at radius 1 is 1.21 bits per heavy atom. The quantitative estimate of drug-likeness (QED) is 0.502. The van der Waals surface area contributed by atoms with E-state index < -0.39 is 11.9 Å². The van der Waals surface area contributed by atoms with Crippen molar-refractivity contribution in [2.24, 2.45) is 0 Å². The van der Waals surface area contributed by atoms with E-state index in [4.69, 9.17) is 12.2 Å². The summed E-state index contributed by atoms with van der Waals surface area (Å²) in [5.41, 5.74) is 1.59. The average Bonchev–Trinajstić information content (AvgIpc) is 2.98. The number of pyridine rings is 2. The molecule has 0 aliphatic carbocycles. The molecule has 2 N–H and O–H groups in total. The highest BCUT2D eigenvalue weighted by Gasteiger charge is 2.23. The van der Waals surface area contributed by atoms with Gasteiger partial charge in [0.05, 0.1) is 27.9 Å². The molecule has 4 rings (SSSR count). The van der Waals surface area contributed by atoms with Gasteiger partial charge in [-0.2, -0.15) is 0 Å². The molecule has 1 aliphatic heterocycles. The first-order valence-electron chi connectivity index (χ1n) is 8.42. The number of para-hydroxylation sites is 1. The maximum Gasteiger partial charge on any atom is 0.263 e. The molecule has 1 unspecified atom stereocenters. The van der Waals surface area contributed by atoms with Crippen LogP contribution in [0.3, 0.4) is 0 Å². The molecule has 8 heteroatoms. The molecule has 5 nitrogen and oxygen atoms in total. The van der Waals surface area contributed by atoms with Gasteiger partial charge >= 0.3 is 0 Å². The van der Waals surface area contributed by atoms with Crippen LogP contribution in [0.25, 0.3) is 28.4 Å². The molecule has 3 heterocycles. The van der Waals surface area contributed by atoms with Crippen molar-refractivity contribution in [1.29, 1.82) is 0 Å². The van der Waals surface area contributed by atoms with Gasteiger partial charge in [-0.1, -0.05) is 48.2 Å². The molecular formula is C20H14FN3O2S2. The van der Waals surface area contributed by atoms with Crippen molar-refractivity contribution in [3.63, 3.8) is 0 Å². The van der Waals surface area contributed by atoms with Crippen LogP contribution in [0, 0.1) is 5.82 Å². The lowest BCUT2D eigenvalue weighted by atomic mass is 10.0. The van der Waals surface area contributed by atoms with Gasteiger partial charge in [0, 0.05) is 10.9 Å². The highest BCUT2D eigenvalue weighted by Crippen LogP contribution is 2.32. The number of halogens is 1. The Morgan fingerprint density at radius 2 is 2.00 bits per heavy atom. The molecule has 2 aromatic heterocycles. The molecule has 1 fully saturated rings. The maximum atomic E-state index is 15.2. The van der Waals surface area contributed by atoms with Crippen molar-refractivity contribution in [2.45, 2.75) is 13.0 Å². The monoisotopic (exact) mass is 411 g/mol. The number of nitrogens with zero attached hydrogens (tertiary/aromatic N) is 2. The summed E-state index contributed by atoms with van der Waals surface area (Å²) in [6.07, 6.45) is 0.591. The zero-order valence-electron chi connectivity index (χ0n) is 14.6. The van der Waals surface area contributed by atoms with Crippen molar-refractivity contribution < 1.29 is 14.3 Å². The molecule has 0 saturated carbocycles. The minimum Gasteiger partial charge on any atom is -0.389 e. The first-order chi connectivity index (χ1) is 13.4. The summed E-state index contributed by atoms with van der Waals surface area (Å²) in [5.74, 6) is -0.895. The van der Waals surface area contributed by atoms with Crippen LogP contribution >= 0.6 is 24.0 Å². The van der Waals surface area contributed by atoms with Crippen molar-refractivity contribution in [1.82, 2.24) is 15.3 Å². The van der Waals surface area contributed by atoms with Gasteiger partial charge in [-0.25, -0.2) is 14.4 Å². The number of hydrogen-bond acceptors (Lipinski definition) is 6. The minimum atomic E-state index is -1.00. The fraction of sp³-hybridized carbons (Fsp3) is 0.100. The lowest BCUT2D eigenvalue weighted by Gasteiger charge is -2.14. The van der Waals surface area contributed by atoms with Gasteiger partial charge in [-0.15, -0.1) is 0 Å². The number of rotatable bonds is 3. The number of aliphatic hydroxyl groups is 1. The summed E-state index contributed by atoms with van der Waals surface area (Å²) >= 11 is 6.13. The fourth-order valence-electron chi connectivity index (χ4n) is 3.01. The van der Waals surface area contributed by atoms with E-state index in [1.165, 1.54) is 6.92 Å². The summed E-state index contributed by atoms with van der Waals surface area (Å²) in [7, 11) is 0. The third-order valence-corrected chi connectivity index (χ3v) is 5.39. The van der Waals surface area contributed by atoms with Crippen LogP contribution in [-0.4, -0.2) is 25.3 Å². The number of thioether (sulfide) groups is 1. The normalized spacial score (nSPS) is 16.6. The number of aromatic nitrogens is 2. The van der Waals surface area contributed by atoms with E-state index in [1.54, 1.807) is 48.5 Å². The van der Waals surface area contributed by atoms with Crippen LogP contribution < -0.4 is 5.32 Å². The summed E-state index contributed by atoms with van der Waals surface area (Å²) in [4.78, 5) is 21.1. The van der Waals surface area contributed by atoms with E-state index in [1.807, 2.05) is 0 Å². The zero-order chi connectivity index (χ0) is 19.8. The van der Waals surface area contributed by atoms with Gasteiger partial charge in [0.15, 0.2) is 5.82 Å². The second kappa shape index (κ2) is 7.38. The third kappa shape index (κ3) is 3.42. The zero-order valence-corrected chi connectivity index (χ0v) is 16.3. The number of carbonyl (C=O) groups excluding carboxylic acids is 1. The van der Waals surface area contributed by atoms with Crippen LogP contribution in [0.1, 0.15) is 24.3 Å². The summed E-state index contributed by atoms with van der Waals surface area (Å²) in [6, 6.07) is 12.1. The van der Waals surface area contributed by atoms with Crippen LogP contribution in [0.4, 0.5) is 4.39 Å². The minimum absolute atomic E-state index is 0.0499. The van der Waals surface area contributed by atoms with Crippen LogP contribution in [0.2, 0.25) is 0 Å². The van der Waals surface area contributed by atoms with E-state index in [0.29, 0.717) is 31.5 Å². The van der Waals surface area contributed by atoms with E-state index >= 15 is 4.39 Å². The molecule has 3 aromatic rings. The van der Waals surface area contributed by atoms with E-state index in [0.717, 1.165) is 11.8 Å². The third-order valence-electron chi connectivity index (χ3n) is 4.22. The maximum absolute atomic E-state index is 15.2. The molecule has 0 bridgehead atoms. The number of aliphatic hydroxyl groups excluding tert-OH is 1. The van der Waals surface area contributed by atoms with Gasteiger partial charge in [0.25, 0.3) is 5.91 Å². The predicted octanol–water partition coefficient (Wildman–Crippen LogP) is 3.98. The first-order valence-corrected chi connectivity index (χ1v) is 9.65. The molecule has 1 atom stereocenters. The molecule has 28 heavy (non-hydrogen) atoms. The Balaban J connectivity index is 1.85. The van der Waals surface area contributed by atoms with E-state index in [-0.39, 0.29) is 17.2 Å². The molecule has 0 radical (unpaired) electrons. The number of nitrogens with one attached hydrogen (secondary N) is 1. The van der Waals surface area contributed by atoms with Gasteiger partial charge in [-0.3, -0.25) is 4.79 Å². The number of thiocarbonyl (C=S) groups is 1. The Labute approximate surface area is 169 Å². The molecule has 140 valence electrons. The van der Waals surface area contributed by atoms with E-state index in [9.17, 15) is 9.90 Å². The molecule has 1 aromatic carbocycles. The van der Waals surface area contributed by atoms with Gasteiger partial charge in [0.1, 0.15) is 10.0 Å². The van der Waals surface area contributed by atoms with Crippen molar-refractivity contribution in [2.75, 3.05) is 0 Å². The van der Waals surface area contributed by atoms with Crippen molar-refractivity contribution in [3.05, 3.63) is 64.4 Å². The van der Waals surface area contributed by atoms with Gasteiger partial charge in [0.2, 0.25) is 0 Å². The van der Waals surface area contributed by atoms with Crippen molar-refractivity contribution in [3.8, 4) is 11.4 Å². The molecule has 1 amide bonds. The predicted molar refractivity (Wildman–Crippen MR) is 112 cm³/mol. The highest BCUT2D eigenvalue weighted by atomic mass is 32.2. The number of amides is 1.